The fraction of sp³-hybridized carbons (Fsp3) is 0.417. The van der Waals surface area contributed by atoms with Crippen molar-refractivity contribution in [3.05, 3.63) is 47.5 Å². The Labute approximate surface area is 199 Å². The van der Waals surface area contributed by atoms with Crippen LogP contribution in [0.2, 0.25) is 0 Å². The van der Waals surface area contributed by atoms with Crippen LogP contribution in [0.5, 0.6) is 5.75 Å². The Balaban J connectivity index is 1.91. The van der Waals surface area contributed by atoms with E-state index in [9.17, 15) is 13.2 Å². The molecular weight excluding hydrogens is 458 g/mol. The first kappa shape index (κ1) is 25.1. The predicted molar refractivity (Wildman–Crippen MR) is 134 cm³/mol. The predicted octanol–water partition coefficient (Wildman–Crippen LogP) is 3.93. The smallest absolute Gasteiger partial charge is 0.233 e. The Kier molecular flexibility index (Phi) is 7.76. The van der Waals surface area contributed by atoms with E-state index >= 15 is 0 Å². The molecule has 1 amide bonds. The lowest BCUT2D eigenvalue weighted by atomic mass is 10.1. The van der Waals surface area contributed by atoms with Gasteiger partial charge in [0.05, 0.1) is 28.4 Å². The monoisotopic (exact) mass is 489 g/mol. The molecule has 178 valence electrons. The van der Waals surface area contributed by atoms with Crippen LogP contribution >= 0.6 is 11.3 Å². The molecule has 0 radical (unpaired) electrons. The molecule has 0 atom stereocenters. The van der Waals surface area contributed by atoms with Crippen LogP contribution in [0.15, 0.2) is 41.3 Å². The summed E-state index contributed by atoms with van der Waals surface area (Å²) in [6.07, 6.45) is 0.154. The number of ether oxygens (including phenoxy) is 1. The fourth-order valence-corrected chi connectivity index (χ4v) is 5.50. The normalized spacial score (nSPS) is 12.0. The number of methoxy groups -OCH3 is 1. The lowest BCUT2D eigenvalue weighted by molar-refractivity contribution is -0.118. The van der Waals surface area contributed by atoms with E-state index in [0.717, 1.165) is 21.3 Å². The number of amides is 1. The minimum atomic E-state index is -3.35. The number of aromatic nitrogens is 1. The van der Waals surface area contributed by atoms with E-state index < -0.39 is 15.1 Å². The number of rotatable bonds is 9. The Morgan fingerprint density at radius 3 is 2.33 bits per heavy atom. The summed E-state index contributed by atoms with van der Waals surface area (Å²) in [4.78, 5) is 22.1. The number of likely N-dealkylation sites (N-methyl/N-ethyl adjacent to an activating group) is 1. The number of nitrogens with zero attached hydrogens (tertiary/aromatic N) is 3. The van der Waals surface area contributed by atoms with Crippen LogP contribution in [-0.2, 0) is 21.1 Å². The van der Waals surface area contributed by atoms with E-state index in [0.29, 0.717) is 24.0 Å². The van der Waals surface area contributed by atoms with Crippen molar-refractivity contribution in [2.24, 2.45) is 0 Å². The Morgan fingerprint density at radius 1 is 1.09 bits per heavy atom. The van der Waals surface area contributed by atoms with E-state index in [2.05, 4.69) is 0 Å². The number of anilines is 1. The lowest BCUT2D eigenvalue weighted by Crippen LogP contribution is -2.37. The molecule has 0 fully saturated rings. The second-order valence-corrected chi connectivity index (χ2v) is 12.0. The van der Waals surface area contributed by atoms with Gasteiger partial charge in [0.2, 0.25) is 5.91 Å². The van der Waals surface area contributed by atoms with Gasteiger partial charge in [-0.05, 0) is 64.2 Å². The molecule has 9 heteroatoms. The average molecular weight is 490 g/mol. The number of carbonyl (C=O) groups is 1. The van der Waals surface area contributed by atoms with Gasteiger partial charge in [-0.3, -0.25) is 9.69 Å². The third-order valence-corrected chi connectivity index (χ3v) is 8.83. The first-order valence-electron chi connectivity index (χ1n) is 10.8. The van der Waals surface area contributed by atoms with Gasteiger partial charge in [0.25, 0.3) is 0 Å². The Bertz CT molecular complexity index is 1230. The van der Waals surface area contributed by atoms with E-state index in [-0.39, 0.29) is 17.2 Å². The summed E-state index contributed by atoms with van der Waals surface area (Å²) >= 11 is 1.48. The average Bonchev–Trinajstić information content (AvgIpc) is 3.20. The third-order valence-electron chi connectivity index (χ3n) is 5.44. The maximum absolute atomic E-state index is 13.4. The van der Waals surface area contributed by atoms with Crippen molar-refractivity contribution in [2.75, 3.05) is 39.2 Å². The minimum Gasteiger partial charge on any atom is -0.494 e. The van der Waals surface area contributed by atoms with Gasteiger partial charge < -0.3 is 9.64 Å². The number of benzene rings is 2. The molecule has 7 nitrogen and oxygen atoms in total. The van der Waals surface area contributed by atoms with Crippen LogP contribution in [0.3, 0.4) is 0 Å². The van der Waals surface area contributed by atoms with Crippen LogP contribution in [0.1, 0.15) is 25.0 Å². The van der Waals surface area contributed by atoms with E-state index in [4.69, 9.17) is 9.72 Å². The highest BCUT2D eigenvalue weighted by Gasteiger charge is 2.23. The molecule has 0 saturated carbocycles. The number of fused-ring (bicyclic) bond motifs is 1. The molecule has 0 aliphatic rings. The molecule has 0 saturated heterocycles. The number of aryl methyl sites for hydroxylation is 1. The van der Waals surface area contributed by atoms with Crippen molar-refractivity contribution in [3.63, 3.8) is 0 Å². The molecule has 2 aromatic carbocycles. The van der Waals surface area contributed by atoms with Gasteiger partial charge in [0, 0.05) is 13.1 Å². The van der Waals surface area contributed by atoms with Gasteiger partial charge in [0.15, 0.2) is 15.0 Å². The van der Waals surface area contributed by atoms with Gasteiger partial charge in [0.1, 0.15) is 11.3 Å². The second kappa shape index (κ2) is 10.2. The van der Waals surface area contributed by atoms with E-state index in [1.54, 1.807) is 50.1 Å². The summed E-state index contributed by atoms with van der Waals surface area (Å²) in [6, 6.07) is 10.5. The minimum absolute atomic E-state index is 0.0907. The Hall–Kier alpha value is -2.49. The van der Waals surface area contributed by atoms with Crippen LogP contribution in [0.25, 0.3) is 10.2 Å². The molecule has 1 heterocycles. The van der Waals surface area contributed by atoms with Crippen LogP contribution < -0.4 is 9.64 Å². The molecule has 0 unspecified atom stereocenters. The first-order valence-corrected chi connectivity index (χ1v) is 13.1. The zero-order valence-electron chi connectivity index (χ0n) is 20.0. The SMILES string of the molecule is COc1ccc(C)c2sc(N(CCN(C)C)C(=O)Cc3ccc(S(=O)(=O)C(C)C)cc3)nc12. The number of carbonyl (C=O) groups excluding carboxylic acids is 1. The summed E-state index contributed by atoms with van der Waals surface area (Å²) in [5.74, 6) is 0.590. The van der Waals surface area contributed by atoms with Crippen LogP contribution in [0, 0.1) is 6.92 Å². The number of hydrogen-bond donors (Lipinski definition) is 0. The first-order chi connectivity index (χ1) is 15.5. The number of hydrogen-bond acceptors (Lipinski definition) is 7. The van der Waals surface area contributed by atoms with E-state index in [1.165, 1.54) is 11.3 Å². The summed E-state index contributed by atoms with van der Waals surface area (Å²) in [7, 11) is 2.19. The standard InChI is InChI=1S/C24H31N3O4S2/c1-16(2)33(29,30)19-10-8-18(9-11-19)15-21(28)27(14-13-26(4)5)24-25-22-20(31-6)12-7-17(3)23(22)32-24/h7-12,16H,13-15H2,1-6H3. The van der Waals surface area contributed by atoms with Crippen molar-refractivity contribution < 1.29 is 17.9 Å². The molecule has 0 N–H and O–H groups in total. The highest BCUT2D eigenvalue weighted by atomic mass is 32.2. The van der Waals surface area contributed by atoms with Gasteiger partial charge in [-0.15, -0.1) is 0 Å². The van der Waals surface area contributed by atoms with Crippen molar-refractivity contribution in [2.45, 2.75) is 37.3 Å². The molecular formula is C24H31N3O4S2. The van der Waals surface area contributed by atoms with E-state index in [1.807, 2.05) is 38.1 Å². The zero-order valence-corrected chi connectivity index (χ0v) is 21.6. The summed E-state index contributed by atoms with van der Waals surface area (Å²) in [5.41, 5.74) is 2.59. The fourth-order valence-electron chi connectivity index (χ4n) is 3.34. The van der Waals surface area contributed by atoms with Gasteiger partial charge in [-0.2, -0.15) is 0 Å². The Morgan fingerprint density at radius 2 is 1.76 bits per heavy atom. The van der Waals surface area contributed by atoms with Gasteiger partial charge in [-0.25, -0.2) is 13.4 Å². The summed E-state index contributed by atoms with van der Waals surface area (Å²) < 4.78 is 31.2. The van der Waals surface area contributed by atoms with Crippen molar-refractivity contribution in [1.82, 2.24) is 9.88 Å². The molecule has 1 aromatic heterocycles. The van der Waals surface area contributed by atoms with Crippen molar-refractivity contribution in [3.8, 4) is 5.75 Å². The highest BCUT2D eigenvalue weighted by Crippen LogP contribution is 2.36. The van der Waals surface area contributed by atoms with Gasteiger partial charge in [-0.1, -0.05) is 29.5 Å². The molecule has 0 spiro atoms. The maximum atomic E-state index is 13.4. The number of sulfone groups is 1. The van der Waals surface area contributed by atoms with Crippen LogP contribution in [-0.4, -0.2) is 63.8 Å². The summed E-state index contributed by atoms with van der Waals surface area (Å²) in [6.45, 7) is 6.51. The summed E-state index contributed by atoms with van der Waals surface area (Å²) in [5, 5.41) is 0.134. The van der Waals surface area contributed by atoms with Crippen molar-refractivity contribution >= 4 is 42.4 Å². The highest BCUT2D eigenvalue weighted by molar-refractivity contribution is 7.92. The molecule has 0 bridgehead atoms. The quantitative estimate of drug-likeness (QED) is 0.453. The number of thiazole rings is 1. The topological polar surface area (TPSA) is 79.8 Å². The van der Waals surface area contributed by atoms with Crippen molar-refractivity contribution in [1.29, 1.82) is 0 Å². The van der Waals surface area contributed by atoms with Crippen LogP contribution in [0.4, 0.5) is 5.13 Å². The molecule has 33 heavy (non-hydrogen) atoms. The van der Waals surface area contributed by atoms with Gasteiger partial charge >= 0.3 is 0 Å². The molecule has 0 aliphatic carbocycles. The second-order valence-electron chi connectivity index (χ2n) is 8.52. The lowest BCUT2D eigenvalue weighted by Gasteiger charge is -2.22. The molecule has 3 aromatic rings. The molecule has 3 rings (SSSR count). The zero-order chi connectivity index (χ0) is 24.3. The largest absolute Gasteiger partial charge is 0.494 e. The third kappa shape index (κ3) is 5.54. The maximum Gasteiger partial charge on any atom is 0.233 e. The molecule has 0 aliphatic heterocycles.